The molecule has 0 amide bonds. The highest BCUT2D eigenvalue weighted by Gasteiger charge is 1.86. The maximum absolute atomic E-state index is 7.27. The lowest BCUT2D eigenvalue weighted by Gasteiger charge is -1.95. The largest absolute Gasteiger partial charge is 0.0864 e. The molecule has 0 aromatic carbocycles. The molecular formula is C8H17I. The number of hydrogen-bond acceptors (Lipinski definition) is 0. The average Bonchev–Trinajstić information content (AvgIpc) is 1.85. The third-order valence-electron chi connectivity index (χ3n) is 1.37. The summed E-state index contributed by atoms with van der Waals surface area (Å²) in [5, 5.41) is 0. The van der Waals surface area contributed by atoms with Crippen LogP contribution in [0.1, 0.15) is 48.2 Å². The summed E-state index contributed by atoms with van der Waals surface area (Å²) in [4.78, 5) is 0. The smallest absolute Gasteiger partial charge is 0.0377 e. The number of halogens is 1. The fourth-order valence-electron chi connectivity index (χ4n) is 0.795. The van der Waals surface area contributed by atoms with Gasteiger partial charge in [-0.2, -0.15) is 0 Å². The normalized spacial score (nSPS) is 14.9. The molecule has 0 aliphatic heterocycles. The van der Waals surface area contributed by atoms with Gasteiger partial charge in [-0.25, -0.2) is 0 Å². The van der Waals surface area contributed by atoms with Gasteiger partial charge in [0.2, 0.25) is 0 Å². The SMILES string of the molecule is [2H]C([2H])(I)CCCCCCC. The topological polar surface area (TPSA) is 0 Å². The van der Waals surface area contributed by atoms with Crippen molar-refractivity contribution in [3.63, 3.8) is 0 Å². The molecule has 0 aliphatic rings. The molecule has 9 heavy (non-hydrogen) atoms. The zero-order chi connectivity index (χ0) is 8.74. The van der Waals surface area contributed by atoms with E-state index in [1.165, 1.54) is 25.7 Å². The summed E-state index contributed by atoms with van der Waals surface area (Å²) >= 11 is 1.87. The molecule has 0 saturated carbocycles. The molecule has 0 bridgehead atoms. The highest BCUT2D eigenvalue weighted by molar-refractivity contribution is 14.1. The van der Waals surface area contributed by atoms with Crippen LogP contribution in [0, 0.1) is 0 Å². The first kappa shape index (κ1) is 6.44. The summed E-state index contributed by atoms with van der Waals surface area (Å²) in [6.07, 6.45) is 6.76. The van der Waals surface area contributed by atoms with Gasteiger partial charge >= 0.3 is 0 Å². The second-order valence-electron chi connectivity index (χ2n) is 2.30. The number of rotatable bonds is 6. The Morgan fingerprint density at radius 3 is 2.22 bits per heavy atom. The van der Waals surface area contributed by atoms with E-state index >= 15 is 0 Å². The molecule has 0 nitrogen and oxygen atoms in total. The lowest BCUT2D eigenvalue weighted by Crippen LogP contribution is -1.77. The Morgan fingerprint density at radius 1 is 1.11 bits per heavy atom. The van der Waals surface area contributed by atoms with E-state index in [9.17, 15) is 0 Å². The molecule has 0 aromatic heterocycles. The lowest BCUT2D eigenvalue weighted by atomic mass is 10.1. The Labute approximate surface area is 75.4 Å². The summed E-state index contributed by atoms with van der Waals surface area (Å²) in [7, 11) is 0. The molecule has 0 atom stereocenters. The third kappa shape index (κ3) is 8.73. The Kier molecular flexibility index (Phi) is 6.25. The molecule has 0 fully saturated rings. The van der Waals surface area contributed by atoms with Gasteiger partial charge < -0.3 is 0 Å². The van der Waals surface area contributed by atoms with Crippen LogP contribution in [0.5, 0.6) is 0 Å². The first-order chi connectivity index (χ1) is 5.06. The third-order valence-corrected chi connectivity index (χ3v) is 1.91. The maximum atomic E-state index is 7.27. The van der Waals surface area contributed by atoms with Crippen molar-refractivity contribution in [1.82, 2.24) is 0 Å². The van der Waals surface area contributed by atoms with Crippen molar-refractivity contribution in [1.29, 1.82) is 0 Å². The molecule has 0 unspecified atom stereocenters. The molecule has 0 aliphatic carbocycles. The molecule has 0 aromatic rings. The molecule has 0 heterocycles. The van der Waals surface area contributed by atoms with Crippen molar-refractivity contribution in [3.8, 4) is 0 Å². The minimum absolute atomic E-state index is 0.706. The molecular weight excluding hydrogens is 223 g/mol. The van der Waals surface area contributed by atoms with E-state index in [4.69, 9.17) is 2.74 Å². The highest BCUT2D eigenvalue weighted by Crippen LogP contribution is 2.05. The van der Waals surface area contributed by atoms with Crippen LogP contribution < -0.4 is 0 Å². The summed E-state index contributed by atoms with van der Waals surface area (Å²) in [5.74, 6) is 0. The predicted molar refractivity (Wildman–Crippen MR) is 52.3 cm³/mol. The summed E-state index contributed by atoms with van der Waals surface area (Å²) in [6.45, 7) is 2.19. The van der Waals surface area contributed by atoms with E-state index in [-0.39, 0.29) is 0 Å². The zero-order valence-corrected chi connectivity index (χ0v) is 8.28. The Hall–Kier alpha value is 0.730. The van der Waals surface area contributed by atoms with Gasteiger partial charge in [0, 0.05) is 2.74 Å². The van der Waals surface area contributed by atoms with Crippen LogP contribution >= 0.6 is 22.6 Å². The van der Waals surface area contributed by atoms with Crippen LogP contribution in [0.15, 0.2) is 0 Å². The van der Waals surface area contributed by atoms with E-state index in [0.29, 0.717) is 6.42 Å². The fraction of sp³-hybridized carbons (Fsp3) is 1.00. The first-order valence-corrected chi connectivity index (χ1v) is 4.83. The summed E-state index contributed by atoms with van der Waals surface area (Å²) in [5.41, 5.74) is 0. The maximum Gasteiger partial charge on any atom is 0.0377 e. The van der Waals surface area contributed by atoms with Crippen LogP contribution in [0.3, 0.4) is 0 Å². The minimum atomic E-state index is -0.982. The van der Waals surface area contributed by atoms with Crippen molar-refractivity contribution in [2.24, 2.45) is 0 Å². The molecule has 0 N–H and O–H groups in total. The predicted octanol–water partition coefficient (Wildman–Crippen LogP) is 3.78. The van der Waals surface area contributed by atoms with Crippen LogP contribution in [0.2, 0.25) is 0 Å². The molecule has 0 spiro atoms. The Morgan fingerprint density at radius 2 is 1.67 bits per heavy atom. The van der Waals surface area contributed by atoms with Crippen LogP contribution in [0.25, 0.3) is 0 Å². The second kappa shape index (κ2) is 8.73. The number of unbranched alkanes of at least 4 members (excludes halogenated alkanes) is 4. The Balaban J connectivity index is 3.02. The van der Waals surface area contributed by atoms with Gasteiger partial charge in [-0.3, -0.25) is 0 Å². The number of alkyl halides is 1. The second-order valence-corrected chi connectivity index (χ2v) is 3.06. The fourth-order valence-corrected chi connectivity index (χ4v) is 1.18. The minimum Gasteiger partial charge on any atom is -0.0864 e. The molecule has 0 saturated heterocycles. The van der Waals surface area contributed by atoms with E-state index in [1.54, 1.807) is 0 Å². The summed E-state index contributed by atoms with van der Waals surface area (Å²) < 4.78 is 13.5. The van der Waals surface area contributed by atoms with Crippen molar-refractivity contribution < 1.29 is 2.74 Å². The van der Waals surface area contributed by atoms with Crippen molar-refractivity contribution in [2.45, 2.75) is 45.4 Å². The zero-order valence-electron chi connectivity index (χ0n) is 8.12. The van der Waals surface area contributed by atoms with Gasteiger partial charge in [-0.15, -0.1) is 0 Å². The van der Waals surface area contributed by atoms with Crippen molar-refractivity contribution in [3.05, 3.63) is 0 Å². The monoisotopic (exact) mass is 242 g/mol. The highest BCUT2D eigenvalue weighted by atomic mass is 127. The molecule has 0 rings (SSSR count). The average molecular weight is 242 g/mol. The van der Waals surface area contributed by atoms with Gasteiger partial charge in [-0.1, -0.05) is 61.6 Å². The summed E-state index contributed by atoms with van der Waals surface area (Å²) in [6, 6.07) is 0. The van der Waals surface area contributed by atoms with Crippen molar-refractivity contribution >= 4 is 22.6 Å². The van der Waals surface area contributed by atoms with Gasteiger partial charge in [0.15, 0.2) is 0 Å². The van der Waals surface area contributed by atoms with Gasteiger partial charge in [0.25, 0.3) is 0 Å². The first-order valence-electron chi connectivity index (χ1n) is 4.75. The van der Waals surface area contributed by atoms with E-state index in [0.717, 1.165) is 6.42 Å². The van der Waals surface area contributed by atoms with Crippen molar-refractivity contribution in [2.75, 3.05) is 4.38 Å². The molecule has 56 valence electrons. The lowest BCUT2D eigenvalue weighted by molar-refractivity contribution is 0.629. The van der Waals surface area contributed by atoms with E-state index < -0.39 is 4.38 Å². The van der Waals surface area contributed by atoms with Gasteiger partial charge in [0.05, 0.1) is 0 Å². The van der Waals surface area contributed by atoms with Gasteiger partial charge in [0.1, 0.15) is 0 Å². The van der Waals surface area contributed by atoms with Crippen LogP contribution in [0.4, 0.5) is 0 Å². The van der Waals surface area contributed by atoms with Crippen LogP contribution in [-0.2, 0) is 0 Å². The van der Waals surface area contributed by atoms with Gasteiger partial charge in [-0.05, 0) is 10.8 Å². The number of hydrogen-bond donors (Lipinski definition) is 0. The molecule has 1 heteroatoms. The van der Waals surface area contributed by atoms with E-state index in [1.807, 2.05) is 22.6 Å². The molecule has 0 radical (unpaired) electrons. The standard InChI is InChI=1S/C8H17I/c1-2-3-4-5-6-7-8-9/h2-8H2,1H3/i8D2. The Bertz CT molecular complexity index is 88.6. The van der Waals surface area contributed by atoms with Crippen LogP contribution in [-0.4, -0.2) is 4.38 Å². The van der Waals surface area contributed by atoms with E-state index in [2.05, 4.69) is 6.92 Å². The quantitative estimate of drug-likeness (QED) is 0.377.